The molecule has 4 atom stereocenters. The Kier molecular flexibility index (Phi) is 20.4. The van der Waals surface area contributed by atoms with Crippen molar-refractivity contribution in [2.75, 3.05) is 10.6 Å². The minimum atomic E-state index is -1.57. The first kappa shape index (κ1) is 56.6. The largest absolute Gasteiger partial charge is 0.481 e. The molecule has 380 valence electrons. The highest BCUT2D eigenvalue weighted by molar-refractivity contribution is 6.09. The number of carboxylic acid groups (broad SMARTS) is 4. The first-order valence-electron chi connectivity index (χ1n) is 21.6. The predicted octanol–water partition coefficient (Wildman–Crippen LogP) is 4.87. The van der Waals surface area contributed by atoms with E-state index in [0.717, 1.165) is 0 Å². The number of hydrogen-bond donors (Lipinski definition) is 10. The fourth-order valence-electron chi connectivity index (χ4n) is 6.21. The van der Waals surface area contributed by atoms with Gasteiger partial charge in [-0.1, -0.05) is 29.4 Å². The van der Waals surface area contributed by atoms with Crippen LogP contribution in [0.3, 0.4) is 0 Å². The third-order valence-electron chi connectivity index (χ3n) is 9.40. The number of nitrogens with one attached hydrogen (secondary N) is 6. The van der Waals surface area contributed by atoms with Crippen molar-refractivity contribution in [1.29, 1.82) is 0 Å². The average Bonchev–Trinajstić information content (AvgIpc) is 3.25. The van der Waals surface area contributed by atoms with Crippen LogP contribution in [-0.2, 0) is 51.1 Å². The standard InChI is InChI=1S/C46H55N9O16/c1-45(2,3)70-41(66)33(52-43(68)50-31(39(62)63)15-17-35(56)57)19-24-7-11-28(12-8-24)48-37(60)26-21-27(23-30(22-26)54-55-47)38(61)49-29-13-9-25(10-14-29)20-34(42(67)71-46(4,5)6)53-44(69)51-32(40(64)65)16-18-36(58)59/h7-14,21-23,31-34H,15-20H2,1-6H3,(H,48,60)(H,49,61)(H,56,57)(H,58,59)(H,62,63)(H,64,65)(H2,50,52,68)(H2,51,53,69)/t31-,32-,33-,34-/m0/s1. The summed E-state index contributed by atoms with van der Waals surface area (Å²) in [7, 11) is 0. The van der Waals surface area contributed by atoms with Gasteiger partial charge in [0.05, 0.1) is 0 Å². The molecule has 0 saturated heterocycles. The van der Waals surface area contributed by atoms with Crippen molar-refractivity contribution in [2.45, 2.75) is 115 Å². The van der Waals surface area contributed by atoms with Gasteiger partial charge in [-0.25, -0.2) is 28.8 Å². The lowest BCUT2D eigenvalue weighted by Crippen LogP contribution is -2.52. The van der Waals surface area contributed by atoms with E-state index in [1.54, 1.807) is 41.5 Å². The summed E-state index contributed by atoms with van der Waals surface area (Å²) in [6.45, 7) is 9.60. The Labute approximate surface area is 405 Å². The third kappa shape index (κ3) is 20.6. The number of rotatable bonds is 23. The van der Waals surface area contributed by atoms with Crippen LogP contribution < -0.4 is 31.9 Å². The summed E-state index contributed by atoms with van der Waals surface area (Å²) in [5, 5.41) is 54.7. The lowest BCUT2D eigenvalue weighted by Gasteiger charge is -2.25. The number of hydrogen-bond acceptors (Lipinski definition) is 13. The first-order valence-corrected chi connectivity index (χ1v) is 21.6. The molecule has 10 N–H and O–H groups in total. The number of amides is 6. The summed E-state index contributed by atoms with van der Waals surface area (Å²) in [5.74, 6) is -8.68. The van der Waals surface area contributed by atoms with Crippen LogP contribution in [0, 0.1) is 0 Å². The maximum absolute atomic E-state index is 13.5. The van der Waals surface area contributed by atoms with Crippen molar-refractivity contribution in [3.05, 3.63) is 99.4 Å². The fourth-order valence-corrected chi connectivity index (χ4v) is 6.21. The predicted molar refractivity (Wildman–Crippen MR) is 251 cm³/mol. The minimum Gasteiger partial charge on any atom is -0.481 e. The summed E-state index contributed by atoms with van der Waals surface area (Å²) in [5.41, 5.74) is 8.35. The van der Waals surface area contributed by atoms with E-state index >= 15 is 0 Å². The molecule has 0 unspecified atom stereocenters. The lowest BCUT2D eigenvalue weighted by molar-refractivity contribution is -0.158. The maximum atomic E-state index is 13.5. The van der Waals surface area contributed by atoms with Crippen LogP contribution in [-0.4, -0.2) is 115 Å². The molecule has 3 aromatic carbocycles. The van der Waals surface area contributed by atoms with E-state index in [4.69, 9.17) is 25.2 Å². The maximum Gasteiger partial charge on any atom is 0.329 e. The van der Waals surface area contributed by atoms with E-state index in [-0.39, 0.29) is 41.0 Å². The highest BCUT2D eigenvalue weighted by atomic mass is 16.6. The molecule has 0 aliphatic carbocycles. The van der Waals surface area contributed by atoms with Gasteiger partial charge in [-0.05, 0) is 114 Å². The highest BCUT2D eigenvalue weighted by Crippen LogP contribution is 2.23. The summed E-state index contributed by atoms with van der Waals surface area (Å²) in [4.78, 5) is 127. The van der Waals surface area contributed by atoms with E-state index in [0.29, 0.717) is 11.1 Å². The zero-order valence-corrected chi connectivity index (χ0v) is 39.4. The van der Waals surface area contributed by atoms with E-state index in [2.05, 4.69) is 41.9 Å². The van der Waals surface area contributed by atoms with Crippen molar-refractivity contribution < 1.29 is 77.8 Å². The normalized spacial score (nSPS) is 12.7. The Bertz CT molecular complexity index is 2370. The fraction of sp³-hybridized carbons (Fsp3) is 0.391. The molecule has 25 nitrogen and oxygen atoms in total. The summed E-state index contributed by atoms with van der Waals surface area (Å²) in [6.07, 6.45) is -2.23. The average molecular weight is 990 g/mol. The van der Waals surface area contributed by atoms with Gasteiger partial charge in [-0.2, -0.15) is 0 Å². The highest BCUT2D eigenvalue weighted by Gasteiger charge is 2.31. The van der Waals surface area contributed by atoms with Gasteiger partial charge in [-0.15, -0.1) is 0 Å². The Morgan fingerprint density at radius 1 is 0.549 bits per heavy atom. The molecule has 0 heterocycles. The van der Waals surface area contributed by atoms with Gasteiger partial charge in [0.1, 0.15) is 35.4 Å². The van der Waals surface area contributed by atoms with Crippen molar-refractivity contribution in [3.8, 4) is 0 Å². The zero-order valence-electron chi connectivity index (χ0n) is 39.4. The number of carboxylic acids is 4. The first-order chi connectivity index (χ1) is 33.1. The smallest absolute Gasteiger partial charge is 0.329 e. The summed E-state index contributed by atoms with van der Waals surface area (Å²) < 4.78 is 10.9. The molecule has 3 rings (SSSR count). The molecule has 0 spiro atoms. The molecule has 0 bridgehead atoms. The second kappa shape index (κ2) is 25.6. The van der Waals surface area contributed by atoms with Gasteiger partial charge < -0.3 is 61.8 Å². The third-order valence-corrected chi connectivity index (χ3v) is 9.40. The van der Waals surface area contributed by atoms with Crippen molar-refractivity contribution >= 4 is 76.8 Å². The van der Waals surface area contributed by atoms with Gasteiger partial charge in [0.25, 0.3) is 11.8 Å². The Morgan fingerprint density at radius 2 is 0.887 bits per heavy atom. The van der Waals surface area contributed by atoms with Crippen LogP contribution in [0.5, 0.6) is 0 Å². The second-order valence-electron chi connectivity index (χ2n) is 17.7. The Balaban J connectivity index is 1.76. The molecule has 0 aliphatic rings. The lowest BCUT2D eigenvalue weighted by atomic mass is 10.0. The van der Waals surface area contributed by atoms with Gasteiger partial charge in [0, 0.05) is 58.8 Å². The summed E-state index contributed by atoms with van der Waals surface area (Å²) in [6, 6.07) is 7.76. The Morgan fingerprint density at radius 3 is 1.18 bits per heavy atom. The van der Waals surface area contributed by atoms with Crippen molar-refractivity contribution in [1.82, 2.24) is 21.3 Å². The van der Waals surface area contributed by atoms with Crippen molar-refractivity contribution in [2.24, 2.45) is 5.11 Å². The molecule has 0 radical (unpaired) electrons. The zero-order chi connectivity index (χ0) is 53.2. The quantitative estimate of drug-likeness (QED) is 0.0262. The van der Waals surface area contributed by atoms with Crippen LogP contribution in [0.4, 0.5) is 26.7 Å². The molecule has 6 amide bonds. The Hall–Kier alpha value is -8.73. The molecular formula is C46H55N9O16. The summed E-state index contributed by atoms with van der Waals surface area (Å²) >= 11 is 0. The number of carbonyl (C=O) groups excluding carboxylic acids is 6. The molecule has 0 saturated carbocycles. The number of benzene rings is 3. The van der Waals surface area contributed by atoms with Gasteiger partial charge >= 0.3 is 47.9 Å². The molecule has 0 aliphatic heterocycles. The number of azide groups is 1. The number of aliphatic carboxylic acids is 4. The SMILES string of the molecule is CC(C)(C)OC(=O)[C@H](Cc1ccc(NC(=O)c2cc(N=[N+]=[N-])cc(C(=O)Nc3ccc(C[C@H](NC(=O)N[C@@H](CCC(=O)O)C(=O)O)C(=O)OC(C)(C)C)cc3)c2)cc1)NC(=O)N[C@@H](CCC(=O)O)C(=O)O. The van der Waals surface area contributed by atoms with E-state index in [9.17, 15) is 58.2 Å². The van der Waals surface area contributed by atoms with Crippen molar-refractivity contribution in [3.63, 3.8) is 0 Å². The molecule has 25 heteroatoms. The molecule has 71 heavy (non-hydrogen) atoms. The van der Waals surface area contributed by atoms with E-state index in [1.807, 2.05) is 0 Å². The van der Waals surface area contributed by atoms with Gasteiger partial charge in [0.15, 0.2) is 0 Å². The number of carbonyl (C=O) groups is 10. The van der Waals surface area contributed by atoms with Gasteiger partial charge in [0.2, 0.25) is 0 Å². The van der Waals surface area contributed by atoms with Gasteiger partial charge in [-0.3, -0.25) is 19.2 Å². The van der Waals surface area contributed by atoms with E-state index < -0.39 is 121 Å². The molecule has 0 fully saturated rings. The minimum absolute atomic E-state index is 0.0847. The number of ether oxygens (including phenoxy) is 2. The number of urea groups is 2. The molecule has 0 aromatic heterocycles. The molecular weight excluding hydrogens is 935 g/mol. The molecule has 3 aromatic rings. The van der Waals surface area contributed by atoms with E-state index in [1.165, 1.54) is 66.7 Å². The second-order valence-corrected chi connectivity index (χ2v) is 17.7. The number of anilines is 2. The number of nitrogens with zero attached hydrogens (tertiary/aromatic N) is 3. The van der Waals surface area contributed by atoms with Crippen LogP contribution in [0.2, 0.25) is 0 Å². The van der Waals surface area contributed by atoms with Crippen LogP contribution in [0.1, 0.15) is 99.1 Å². The van der Waals surface area contributed by atoms with Crippen LogP contribution in [0.25, 0.3) is 10.4 Å². The monoisotopic (exact) mass is 989 g/mol. The topological polar surface area (TPSA) is 391 Å². The number of esters is 2. The van der Waals surface area contributed by atoms with Crippen LogP contribution >= 0.6 is 0 Å². The van der Waals surface area contributed by atoms with Crippen LogP contribution in [0.15, 0.2) is 71.8 Å².